The average molecular weight is 214 g/mol. The minimum atomic E-state index is -0.217. The topological polar surface area (TPSA) is 38.9 Å². The van der Waals surface area contributed by atoms with Crippen molar-refractivity contribution in [3.05, 3.63) is 41.7 Å². The molecule has 0 atom stereocenters. The SMILES string of the molecule is Cc1cnc(CC(C)(C)N)c2ccccc12. The van der Waals surface area contributed by atoms with E-state index < -0.39 is 0 Å². The van der Waals surface area contributed by atoms with Crippen LogP contribution in [0.2, 0.25) is 0 Å². The van der Waals surface area contributed by atoms with Crippen LogP contribution in [0, 0.1) is 6.92 Å². The fraction of sp³-hybridized carbons (Fsp3) is 0.357. The van der Waals surface area contributed by atoms with Crippen molar-refractivity contribution >= 4 is 10.8 Å². The molecule has 1 heterocycles. The highest BCUT2D eigenvalue weighted by molar-refractivity contribution is 5.87. The number of aromatic nitrogens is 1. The zero-order valence-corrected chi connectivity index (χ0v) is 10.1. The molecule has 0 radical (unpaired) electrons. The summed E-state index contributed by atoms with van der Waals surface area (Å²) in [5.41, 5.74) is 8.15. The highest BCUT2D eigenvalue weighted by atomic mass is 14.7. The minimum Gasteiger partial charge on any atom is -0.325 e. The molecule has 2 nitrogen and oxygen atoms in total. The molecule has 0 bridgehead atoms. The van der Waals surface area contributed by atoms with Gasteiger partial charge in [0.2, 0.25) is 0 Å². The van der Waals surface area contributed by atoms with Crippen molar-refractivity contribution in [3.8, 4) is 0 Å². The second-order valence-electron chi connectivity index (χ2n) is 5.10. The molecule has 0 saturated heterocycles. The van der Waals surface area contributed by atoms with Crippen LogP contribution in [0.1, 0.15) is 25.1 Å². The molecule has 84 valence electrons. The Morgan fingerprint density at radius 3 is 2.44 bits per heavy atom. The molecule has 0 spiro atoms. The van der Waals surface area contributed by atoms with E-state index in [2.05, 4.69) is 36.2 Å². The second kappa shape index (κ2) is 3.87. The lowest BCUT2D eigenvalue weighted by Crippen LogP contribution is -2.34. The number of aryl methyl sites for hydroxylation is 1. The third kappa shape index (κ3) is 2.22. The summed E-state index contributed by atoms with van der Waals surface area (Å²) in [4.78, 5) is 4.51. The Hall–Kier alpha value is -1.41. The van der Waals surface area contributed by atoms with Gasteiger partial charge in [0.1, 0.15) is 0 Å². The van der Waals surface area contributed by atoms with E-state index in [1.807, 2.05) is 20.0 Å². The Morgan fingerprint density at radius 2 is 1.81 bits per heavy atom. The average Bonchev–Trinajstić information content (AvgIpc) is 2.21. The highest BCUT2D eigenvalue weighted by Gasteiger charge is 2.15. The van der Waals surface area contributed by atoms with Gasteiger partial charge in [0, 0.05) is 29.2 Å². The van der Waals surface area contributed by atoms with Gasteiger partial charge in [-0.05, 0) is 31.7 Å². The van der Waals surface area contributed by atoms with E-state index in [-0.39, 0.29) is 5.54 Å². The van der Waals surface area contributed by atoms with Crippen LogP contribution >= 0.6 is 0 Å². The normalized spacial score (nSPS) is 12.0. The molecule has 0 aliphatic rings. The monoisotopic (exact) mass is 214 g/mol. The molecule has 0 aliphatic heterocycles. The van der Waals surface area contributed by atoms with Gasteiger partial charge < -0.3 is 5.73 Å². The first-order chi connectivity index (χ1) is 7.47. The van der Waals surface area contributed by atoms with E-state index in [1.165, 1.54) is 16.3 Å². The second-order valence-corrected chi connectivity index (χ2v) is 5.10. The van der Waals surface area contributed by atoms with E-state index in [9.17, 15) is 0 Å². The third-order valence-corrected chi connectivity index (χ3v) is 2.70. The van der Waals surface area contributed by atoms with Crippen LogP contribution in [-0.4, -0.2) is 10.5 Å². The Kier molecular flexibility index (Phi) is 2.68. The molecule has 1 aromatic carbocycles. The first-order valence-corrected chi connectivity index (χ1v) is 5.59. The van der Waals surface area contributed by atoms with Gasteiger partial charge in [-0.15, -0.1) is 0 Å². The molecule has 1 aromatic heterocycles. The number of fused-ring (bicyclic) bond motifs is 1. The number of nitrogens with two attached hydrogens (primary N) is 1. The minimum absolute atomic E-state index is 0.217. The van der Waals surface area contributed by atoms with E-state index in [4.69, 9.17) is 5.73 Å². The van der Waals surface area contributed by atoms with Gasteiger partial charge >= 0.3 is 0 Å². The molecule has 0 fully saturated rings. The van der Waals surface area contributed by atoms with Gasteiger partial charge in [0.05, 0.1) is 0 Å². The zero-order chi connectivity index (χ0) is 11.8. The summed E-state index contributed by atoms with van der Waals surface area (Å²) in [6.07, 6.45) is 2.73. The van der Waals surface area contributed by atoms with Crippen LogP contribution in [0.5, 0.6) is 0 Å². The van der Waals surface area contributed by atoms with E-state index in [0.29, 0.717) is 0 Å². The molecule has 0 unspecified atom stereocenters. The Bertz CT molecular complexity index is 510. The summed E-state index contributed by atoms with van der Waals surface area (Å²) in [5.74, 6) is 0. The van der Waals surface area contributed by atoms with Gasteiger partial charge in [-0.3, -0.25) is 4.98 Å². The molecule has 2 aromatic rings. The van der Waals surface area contributed by atoms with Crippen LogP contribution in [-0.2, 0) is 6.42 Å². The van der Waals surface area contributed by atoms with E-state index in [1.54, 1.807) is 0 Å². The Labute approximate surface area is 96.5 Å². The Balaban J connectivity index is 2.59. The summed E-state index contributed by atoms with van der Waals surface area (Å²) in [6.45, 7) is 6.15. The predicted molar refractivity (Wildman–Crippen MR) is 68.5 cm³/mol. The molecular formula is C14H18N2. The first kappa shape index (κ1) is 11.1. The largest absolute Gasteiger partial charge is 0.325 e. The first-order valence-electron chi connectivity index (χ1n) is 5.59. The number of nitrogens with zero attached hydrogens (tertiary/aromatic N) is 1. The van der Waals surface area contributed by atoms with Crippen LogP contribution in [0.4, 0.5) is 0 Å². The van der Waals surface area contributed by atoms with Crippen LogP contribution in [0.3, 0.4) is 0 Å². The van der Waals surface area contributed by atoms with Gasteiger partial charge in [-0.25, -0.2) is 0 Å². The van der Waals surface area contributed by atoms with Crippen molar-refractivity contribution in [3.63, 3.8) is 0 Å². The molecule has 0 saturated carbocycles. The van der Waals surface area contributed by atoms with Crippen molar-refractivity contribution < 1.29 is 0 Å². The van der Waals surface area contributed by atoms with Gasteiger partial charge in [0.25, 0.3) is 0 Å². The number of benzene rings is 1. The zero-order valence-electron chi connectivity index (χ0n) is 10.1. The maximum Gasteiger partial charge on any atom is 0.0500 e. The van der Waals surface area contributed by atoms with E-state index in [0.717, 1.165) is 12.1 Å². The standard InChI is InChI=1S/C14H18N2/c1-10-9-16-13(8-14(2,3)15)12-7-5-4-6-11(10)12/h4-7,9H,8,15H2,1-3H3. The maximum absolute atomic E-state index is 6.06. The summed E-state index contributed by atoms with van der Waals surface area (Å²) in [7, 11) is 0. The van der Waals surface area contributed by atoms with Gasteiger partial charge in [-0.2, -0.15) is 0 Å². The number of hydrogen-bond donors (Lipinski definition) is 1. The van der Waals surface area contributed by atoms with Crippen LogP contribution < -0.4 is 5.73 Å². The number of hydrogen-bond acceptors (Lipinski definition) is 2. The lowest BCUT2D eigenvalue weighted by Gasteiger charge is -2.19. The van der Waals surface area contributed by atoms with Crippen molar-refractivity contribution in [2.45, 2.75) is 32.7 Å². The quantitative estimate of drug-likeness (QED) is 0.835. The summed E-state index contributed by atoms with van der Waals surface area (Å²) >= 11 is 0. The van der Waals surface area contributed by atoms with Crippen LogP contribution in [0.15, 0.2) is 30.5 Å². The van der Waals surface area contributed by atoms with Crippen molar-refractivity contribution in [2.75, 3.05) is 0 Å². The summed E-state index contributed by atoms with van der Waals surface area (Å²) in [6, 6.07) is 8.37. The smallest absolute Gasteiger partial charge is 0.0500 e. The predicted octanol–water partition coefficient (Wildman–Crippen LogP) is 2.82. The molecule has 0 aliphatic carbocycles. The molecule has 2 heteroatoms. The molecule has 2 N–H and O–H groups in total. The fourth-order valence-corrected chi connectivity index (χ4v) is 1.96. The highest BCUT2D eigenvalue weighted by Crippen LogP contribution is 2.22. The van der Waals surface area contributed by atoms with Gasteiger partial charge in [-0.1, -0.05) is 24.3 Å². The van der Waals surface area contributed by atoms with Crippen molar-refractivity contribution in [1.82, 2.24) is 4.98 Å². The fourth-order valence-electron chi connectivity index (χ4n) is 1.96. The van der Waals surface area contributed by atoms with Crippen LogP contribution in [0.25, 0.3) is 10.8 Å². The summed E-state index contributed by atoms with van der Waals surface area (Å²) in [5, 5.41) is 2.50. The lowest BCUT2D eigenvalue weighted by molar-refractivity contribution is 0.512. The van der Waals surface area contributed by atoms with Crippen molar-refractivity contribution in [1.29, 1.82) is 0 Å². The number of pyridine rings is 1. The van der Waals surface area contributed by atoms with Crippen molar-refractivity contribution in [2.24, 2.45) is 5.73 Å². The molecule has 0 amide bonds. The molecular weight excluding hydrogens is 196 g/mol. The molecule has 2 rings (SSSR count). The van der Waals surface area contributed by atoms with Gasteiger partial charge in [0.15, 0.2) is 0 Å². The number of rotatable bonds is 2. The third-order valence-electron chi connectivity index (χ3n) is 2.70. The lowest BCUT2D eigenvalue weighted by atomic mass is 9.95. The Morgan fingerprint density at radius 1 is 1.19 bits per heavy atom. The summed E-state index contributed by atoms with van der Waals surface area (Å²) < 4.78 is 0. The maximum atomic E-state index is 6.06. The van der Waals surface area contributed by atoms with E-state index >= 15 is 0 Å². The molecule has 16 heavy (non-hydrogen) atoms.